The van der Waals surface area contributed by atoms with Gasteiger partial charge in [-0.3, -0.25) is 9.59 Å². The van der Waals surface area contributed by atoms with Crippen molar-refractivity contribution in [2.75, 3.05) is 6.54 Å². The van der Waals surface area contributed by atoms with E-state index in [9.17, 15) is 9.59 Å². The average molecular weight is 397 g/mol. The highest BCUT2D eigenvalue weighted by Crippen LogP contribution is 2.28. The summed E-state index contributed by atoms with van der Waals surface area (Å²) in [5.74, 6) is -1.57. The van der Waals surface area contributed by atoms with Crippen LogP contribution in [0, 0.1) is 0 Å². The molecule has 0 aliphatic rings. The third kappa shape index (κ3) is 4.28. The summed E-state index contributed by atoms with van der Waals surface area (Å²) in [7, 11) is 0. The Labute approximate surface area is 173 Å². The molecule has 0 saturated heterocycles. The van der Waals surface area contributed by atoms with Crippen molar-refractivity contribution in [3.05, 3.63) is 90.6 Å². The minimum Gasteiger partial charge on any atom is -0.480 e. The standard InChI is InChI=1S/C24H19N3O3/c28-22(25-15-23(29)30)13-12-20-16-27(21-8-2-1-3-9-21)26-24(20)19-11-10-17-6-4-5-7-18(17)14-19/h1-14,16H,15H2,(H,25,28)(H,29,30)/b13-12+. The topological polar surface area (TPSA) is 84.2 Å². The molecule has 0 atom stereocenters. The van der Waals surface area contributed by atoms with Crippen LogP contribution in [0.3, 0.4) is 0 Å². The molecule has 1 aromatic heterocycles. The number of carbonyl (C=O) groups excluding carboxylic acids is 1. The molecule has 0 fully saturated rings. The SMILES string of the molecule is O=C(O)CNC(=O)/C=C/c1cn(-c2ccccc2)nc1-c1ccc2ccccc2c1. The molecule has 0 aliphatic carbocycles. The second-order valence-electron chi connectivity index (χ2n) is 6.72. The normalized spacial score (nSPS) is 11.1. The number of hydrogen-bond donors (Lipinski definition) is 2. The number of nitrogens with zero attached hydrogens (tertiary/aromatic N) is 2. The maximum Gasteiger partial charge on any atom is 0.322 e. The van der Waals surface area contributed by atoms with Gasteiger partial charge in [0.15, 0.2) is 0 Å². The summed E-state index contributed by atoms with van der Waals surface area (Å²) in [4.78, 5) is 22.6. The highest BCUT2D eigenvalue weighted by molar-refractivity contribution is 5.95. The summed E-state index contributed by atoms with van der Waals surface area (Å²) in [6.07, 6.45) is 4.81. The van der Waals surface area contributed by atoms with Crippen molar-refractivity contribution in [1.82, 2.24) is 15.1 Å². The zero-order valence-corrected chi connectivity index (χ0v) is 16.0. The van der Waals surface area contributed by atoms with Crippen molar-refractivity contribution in [2.24, 2.45) is 0 Å². The lowest BCUT2D eigenvalue weighted by atomic mass is 10.0. The third-order valence-electron chi connectivity index (χ3n) is 4.61. The molecule has 3 aromatic carbocycles. The van der Waals surface area contributed by atoms with Crippen molar-refractivity contribution < 1.29 is 14.7 Å². The first-order valence-electron chi connectivity index (χ1n) is 9.42. The van der Waals surface area contributed by atoms with Gasteiger partial charge in [0.2, 0.25) is 5.91 Å². The zero-order chi connectivity index (χ0) is 20.9. The van der Waals surface area contributed by atoms with Crippen molar-refractivity contribution in [2.45, 2.75) is 0 Å². The molecule has 2 N–H and O–H groups in total. The number of fused-ring (bicyclic) bond motifs is 1. The molecule has 1 heterocycles. The predicted octanol–water partition coefficient (Wildman–Crippen LogP) is 3.91. The monoisotopic (exact) mass is 397 g/mol. The molecular formula is C24H19N3O3. The van der Waals surface area contributed by atoms with E-state index >= 15 is 0 Å². The van der Waals surface area contributed by atoms with E-state index in [0.29, 0.717) is 0 Å². The lowest BCUT2D eigenvalue weighted by Crippen LogP contribution is -2.27. The number of aliphatic carboxylic acids is 1. The van der Waals surface area contributed by atoms with Crippen LogP contribution in [-0.4, -0.2) is 33.3 Å². The maximum absolute atomic E-state index is 11.9. The fourth-order valence-corrected chi connectivity index (χ4v) is 3.17. The van der Waals surface area contributed by atoms with Crippen molar-refractivity contribution in [3.8, 4) is 16.9 Å². The summed E-state index contributed by atoms with van der Waals surface area (Å²) in [6.45, 7) is -0.427. The Hall–Kier alpha value is -4.19. The highest BCUT2D eigenvalue weighted by atomic mass is 16.4. The first-order chi connectivity index (χ1) is 14.6. The van der Waals surface area contributed by atoms with Gasteiger partial charge in [0.25, 0.3) is 0 Å². The predicted molar refractivity (Wildman–Crippen MR) is 116 cm³/mol. The summed E-state index contributed by atoms with van der Waals surface area (Å²) < 4.78 is 1.76. The van der Waals surface area contributed by atoms with Crippen LogP contribution in [0.25, 0.3) is 33.8 Å². The molecule has 0 unspecified atom stereocenters. The second-order valence-corrected chi connectivity index (χ2v) is 6.72. The molecule has 4 rings (SSSR count). The number of hydrogen-bond acceptors (Lipinski definition) is 3. The Morgan fingerprint density at radius 3 is 2.47 bits per heavy atom. The van der Waals surface area contributed by atoms with Gasteiger partial charge in [-0.05, 0) is 35.0 Å². The molecule has 30 heavy (non-hydrogen) atoms. The van der Waals surface area contributed by atoms with Crippen LogP contribution >= 0.6 is 0 Å². The number of carboxylic acid groups (broad SMARTS) is 1. The van der Waals surface area contributed by atoms with Gasteiger partial charge in [0.1, 0.15) is 6.54 Å². The maximum atomic E-state index is 11.9. The molecule has 0 spiro atoms. The lowest BCUT2D eigenvalue weighted by molar-refractivity contribution is -0.137. The van der Waals surface area contributed by atoms with Gasteiger partial charge in [0.05, 0.1) is 11.4 Å². The molecule has 6 nitrogen and oxygen atoms in total. The zero-order valence-electron chi connectivity index (χ0n) is 16.0. The molecular weight excluding hydrogens is 378 g/mol. The number of para-hydroxylation sites is 1. The summed E-state index contributed by atoms with van der Waals surface area (Å²) in [6, 6.07) is 23.9. The van der Waals surface area contributed by atoms with E-state index in [1.165, 1.54) is 6.08 Å². The van der Waals surface area contributed by atoms with E-state index < -0.39 is 18.4 Å². The largest absolute Gasteiger partial charge is 0.480 e. The average Bonchev–Trinajstić information content (AvgIpc) is 3.21. The summed E-state index contributed by atoms with van der Waals surface area (Å²) in [5.41, 5.74) is 3.30. The minimum atomic E-state index is -1.09. The molecule has 0 aliphatic heterocycles. The van der Waals surface area contributed by atoms with E-state index in [1.807, 2.05) is 66.9 Å². The Morgan fingerprint density at radius 1 is 0.967 bits per heavy atom. The van der Waals surface area contributed by atoms with Gasteiger partial charge in [0, 0.05) is 23.4 Å². The van der Waals surface area contributed by atoms with Crippen LogP contribution in [0.15, 0.2) is 85.1 Å². The molecule has 148 valence electrons. The van der Waals surface area contributed by atoms with Gasteiger partial charge < -0.3 is 10.4 Å². The second kappa shape index (κ2) is 8.45. The van der Waals surface area contributed by atoms with Crippen molar-refractivity contribution >= 4 is 28.7 Å². The van der Waals surface area contributed by atoms with Gasteiger partial charge >= 0.3 is 5.97 Å². The first kappa shape index (κ1) is 19.1. The van der Waals surface area contributed by atoms with Crippen molar-refractivity contribution in [1.29, 1.82) is 0 Å². The number of rotatable bonds is 6. The number of carboxylic acids is 1. The van der Waals surface area contributed by atoms with Crippen LogP contribution in [0.1, 0.15) is 5.56 Å². The van der Waals surface area contributed by atoms with E-state index in [-0.39, 0.29) is 0 Å². The molecule has 0 radical (unpaired) electrons. The van der Waals surface area contributed by atoms with E-state index in [4.69, 9.17) is 10.2 Å². The van der Waals surface area contributed by atoms with E-state index in [0.717, 1.165) is 33.3 Å². The van der Waals surface area contributed by atoms with Crippen LogP contribution in [0.2, 0.25) is 0 Å². The first-order valence-corrected chi connectivity index (χ1v) is 9.42. The fourth-order valence-electron chi connectivity index (χ4n) is 3.17. The Bertz CT molecular complexity index is 1240. The molecule has 6 heteroatoms. The highest BCUT2D eigenvalue weighted by Gasteiger charge is 2.12. The van der Waals surface area contributed by atoms with Gasteiger partial charge in [-0.1, -0.05) is 54.6 Å². The number of nitrogens with one attached hydrogen (secondary N) is 1. The van der Waals surface area contributed by atoms with Crippen LogP contribution < -0.4 is 5.32 Å². The van der Waals surface area contributed by atoms with E-state index in [1.54, 1.807) is 10.8 Å². The Kier molecular flexibility index (Phi) is 5.39. The third-order valence-corrected chi connectivity index (χ3v) is 4.61. The number of amides is 1. The number of aromatic nitrogens is 2. The number of benzene rings is 3. The molecule has 4 aromatic rings. The Balaban J connectivity index is 1.74. The Morgan fingerprint density at radius 2 is 1.70 bits per heavy atom. The van der Waals surface area contributed by atoms with Gasteiger partial charge in [-0.15, -0.1) is 0 Å². The van der Waals surface area contributed by atoms with Crippen LogP contribution in [0.5, 0.6) is 0 Å². The fraction of sp³-hybridized carbons (Fsp3) is 0.0417. The minimum absolute atomic E-state index is 0.427. The number of carbonyl (C=O) groups is 2. The smallest absolute Gasteiger partial charge is 0.322 e. The van der Waals surface area contributed by atoms with Crippen LogP contribution in [0.4, 0.5) is 0 Å². The molecule has 1 amide bonds. The quantitative estimate of drug-likeness (QED) is 0.483. The van der Waals surface area contributed by atoms with E-state index in [2.05, 4.69) is 17.4 Å². The molecule has 0 bridgehead atoms. The summed E-state index contributed by atoms with van der Waals surface area (Å²) >= 11 is 0. The van der Waals surface area contributed by atoms with Crippen LogP contribution in [-0.2, 0) is 9.59 Å². The molecule has 0 saturated carbocycles. The lowest BCUT2D eigenvalue weighted by Gasteiger charge is -2.03. The van der Waals surface area contributed by atoms with Gasteiger partial charge in [-0.25, -0.2) is 4.68 Å². The van der Waals surface area contributed by atoms with Gasteiger partial charge in [-0.2, -0.15) is 5.10 Å². The summed E-state index contributed by atoms with van der Waals surface area (Å²) in [5, 5.41) is 18.0. The van der Waals surface area contributed by atoms with Crippen molar-refractivity contribution in [3.63, 3.8) is 0 Å².